The predicted octanol–water partition coefficient (Wildman–Crippen LogP) is 3.37. The highest BCUT2D eigenvalue weighted by molar-refractivity contribution is 7.16. The second-order valence-corrected chi connectivity index (χ2v) is 6.43. The van der Waals surface area contributed by atoms with Crippen LogP contribution >= 0.6 is 11.3 Å². The molecule has 0 spiro atoms. The second-order valence-electron chi connectivity index (χ2n) is 5.54. The molecule has 1 atom stereocenters. The van der Waals surface area contributed by atoms with Crippen molar-refractivity contribution in [2.75, 3.05) is 11.4 Å². The molecule has 1 fully saturated rings. The van der Waals surface area contributed by atoms with Crippen molar-refractivity contribution in [1.82, 2.24) is 20.2 Å². The van der Waals surface area contributed by atoms with E-state index in [9.17, 15) is 0 Å². The lowest BCUT2D eigenvalue weighted by atomic mass is 10.0. The minimum absolute atomic E-state index is 0.363. The molecular weight excluding hydrogens is 282 g/mol. The van der Waals surface area contributed by atoms with Crippen LogP contribution in [-0.4, -0.2) is 26.7 Å². The van der Waals surface area contributed by atoms with Crippen molar-refractivity contribution in [3.63, 3.8) is 0 Å². The maximum Gasteiger partial charge on any atom is 0.141 e. The quantitative estimate of drug-likeness (QED) is 0.788. The van der Waals surface area contributed by atoms with Crippen LogP contribution in [0.15, 0.2) is 17.8 Å². The van der Waals surface area contributed by atoms with E-state index in [1.54, 1.807) is 17.7 Å². The van der Waals surface area contributed by atoms with E-state index >= 15 is 0 Å². The van der Waals surface area contributed by atoms with Gasteiger partial charge < -0.3 is 4.90 Å². The molecule has 1 aliphatic heterocycles. The van der Waals surface area contributed by atoms with E-state index in [0.717, 1.165) is 34.7 Å². The summed E-state index contributed by atoms with van der Waals surface area (Å²) in [6, 6.07) is 2.49. The number of aromatic nitrogens is 4. The molecule has 0 unspecified atom stereocenters. The average molecular weight is 299 g/mol. The number of aryl methyl sites for hydroxylation is 2. The molecule has 0 bridgehead atoms. The van der Waals surface area contributed by atoms with Gasteiger partial charge in [0.25, 0.3) is 0 Å². The zero-order chi connectivity index (χ0) is 14.4. The lowest BCUT2D eigenvalue weighted by Gasteiger charge is -2.26. The van der Waals surface area contributed by atoms with Crippen LogP contribution in [0.3, 0.4) is 0 Å². The van der Waals surface area contributed by atoms with E-state index < -0.39 is 0 Å². The Balaban J connectivity index is 1.82. The first-order valence-corrected chi connectivity index (χ1v) is 8.10. The Hall–Kier alpha value is -1.95. The van der Waals surface area contributed by atoms with Crippen molar-refractivity contribution >= 4 is 27.4 Å². The van der Waals surface area contributed by atoms with Gasteiger partial charge in [-0.1, -0.05) is 0 Å². The van der Waals surface area contributed by atoms with Gasteiger partial charge >= 0.3 is 0 Å². The third-order valence-corrected chi connectivity index (χ3v) is 5.10. The van der Waals surface area contributed by atoms with Crippen molar-refractivity contribution in [1.29, 1.82) is 0 Å². The van der Waals surface area contributed by atoms with Gasteiger partial charge in [0, 0.05) is 17.8 Å². The van der Waals surface area contributed by atoms with Crippen LogP contribution in [0, 0.1) is 13.8 Å². The first kappa shape index (κ1) is 12.8. The summed E-state index contributed by atoms with van der Waals surface area (Å²) in [5.41, 5.74) is 3.59. The molecule has 1 N–H and O–H groups in total. The highest BCUT2D eigenvalue weighted by Crippen LogP contribution is 2.40. The first-order chi connectivity index (χ1) is 10.3. The van der Waals surface area contributed by atoms with Crippen molar-refractivity contribution in [2.45, 2.75) is 32.7 Å². The molecule has 3 aromatic heterocycles. The summed E-state index contributed by atoms with van der Waals surface area (Å²) < 4.78 is 0. The second kappa shape index (κ2) is 4.80. The molecule has 4 heterocycles. The lowest BCUT2D eigenvalue weighted by molar-refractivity contribution is 0.704. The number of hydrogen-bond acceptors (Lipinski definition) is 5. The van der Waals surface area contributed by atoms with E-state index in [-0.39, 0.29) is 0 Å². The highest BCUT2D eigenvalue weighted by atomic mass is 32.1. The average Bonchev–Trinajstić information content (AvgIpc) is 3.18. The molecule has 4 rings (SSSR count). The molecule has 0 amide bonds. The largest absolute Gasteiger partial charge is 0.349 e. The van der Waals surface area contributed by atoms with Crippen LogP contribution in [0.5, 0.6) is 0 Å². The third-order valence-electron chi connectivity index (χ3n) is 4.28. The lowest BCUT2D eigenvalue weighted by Crippen LogP contribution is -2.24. The van der Waals surface area contributed by atoms with Gasteiger partial charge in [0.15, 0.2) is 0 Å². The molecule has 108 valence electrons. The summed E-state index contributed by atoms with van der Waals surface area (Å²) in [5.74, 6) is 1.06. The number of fused-ring (bicyclic) bond motifs is 1. The standard InChI is InChI=1S/C15H17N5S/c1-9-13(10(2)19-18-9)12-4-3-6-20(12)14-11-5-7-21-15(11)17-8-16-14/h5,7-8,12H,3-4,6H2,1-2H3,(H,18,19)/t12-/m0/s1. The number of rotatable bonds is 2. The topological polar surface area (TPSA) is 57.7 Å². The van der Waals surface area contributed by atoms with Gasteiger partial charge in [-0.25, -0.2) is 9.97 Å². The summed E-state index contributed by atoms with van der Waals surface area (Å²) >= 11 is 1.67. The summed E-state index contributed by atoms with van der Waals surface area (Å²) in [4.78, 5) is 12.4. The first-order valence-electron chi connectivity index (χ1n) is 7.22. The van der Waals surface area contributed by atoms with Crippen molar-refractivity contribution < 1.29 is 0 Å². The molecule has 1 saturated heterocycles. The molecule has 5 nitrogen and oxygen atoms in total. The summed E-state index contributed by atoms with van der Waals surface area (Å²) in [6.45, 7) is 5.22. The van der Waals surface area contributed by atoms with E-state index in [4.69, 9.17) is 0 Å². The molecule has 0 radical (unpaired) electrons. The molecule has 3 aromatic rings. The number of nitrogens with one attached hydrogen (secondary N) is 1. The van der Waals surface area contributed by atoms with Crippen LogP contribution in [0.25, 0.3) is 10.2 Å². The monoisotopic (exact) mass is 299 g/mol. The molecular formula is C15H17N5S. The summed E-state index contributed by atoms with van der Waals surface area (Å²) in [7, 11) is 0. The molecule has 0 aromatic carbocycles. The Bertz CT molecular complexity index is 771. The number of anilines is 1. The maximum absolute atomic E-state index is 4.57. The predicted molar refractivity (Wildman–Crippen MR) is 84.8 cm³/mol. The Labute approximate surface area is 127 Å². The Kier molecular flexibility index (Phi) is 2.92. The fraction of sp³-hybridized carbons (Fsp3) is 0.400. The van der Waals surface area contributed by atoms with Crippen molar-refractivity contribution in [2.24, 2.45) is 0 Å². The Morgan fingerprint density at radius 3 is 3.05 bits per heavy atom. The van der Waals surface area contributed by atoms with Crippen molar-refractivity contribution in [3.8, 4) is 0 Å². The Morgan fingerprint density at radius 2 is 2.24 bits per heavy atom. The normalized spacial score (nSPS) is 18.8. The number of aromatic amines is 1. The van der Waals surface area contributed by atoms with Crippen LogP contribution in [0.1, 0.15) is 35.8 Å². The summed E-state index contributed by atoms with van der Waals surface area (Å²) in [6.07, 6.45) is 4.01. The van der Waals surface area contributed by atoms with Gasteiger partial charge in [-0.15, -0.1) is 11.3 Å². The van der Waals surface area contributed by atoms with Crippen LogP contribution in [-0.2, 0) is 0 Å². The molecule has 1 aliphatic rings. The van der Waals surface area contributed by atoms with E-state index in [1.807, 2.05) is 0 Å². The van der Waals surface area contributed by atoms with Crippen LogP contribution in [0.2, 0.25) is 0 Å². The van der Waals surface area contributed by atoms with E-state index in [2.05, 4.69) is 50.4 Å². The van der Waals surface area contributed by atoms with Crippen LogP contribution < -0.4 is 4.90 Å². The zero-order valence-corrected chi connectivity index (χ0v) is 12.9. The zero-order valence-electron chi connectivity index (χ0n) is 12.1. The number of H-pyrrole nitrogens is 1. The SMILES string of the molecule is Cc1n[nH]c(C)c1[C@@H]1CCCN1c1ncnc2sccc12. The van der Waals surface area contributed by atoms with Gasteiger partial charge in [0.05, 0.1) is 17.1 Å². The maximum atomic E-state index is 4.57. The van der Waals surface area contributed by atoms with E-state index in [1.165, 1.54) is 17.7 Å². The van der Waals surface area contributed by atoms with Gasteiger partial charge in [-0.2, -0.15) is 5.10 Å². The van der Waals surface area contributed by atoms with Gasteiger partial charge in [-0.05, 0) is 38.1 Å². The van der Waals surface area contributed by atoms with Gasteiger partial charge in [0.2, 0.25) is 0 Å². The fourth-order valence-electron chi connectivity index (χ4n) is 3.38. The molecule has 21 heavy (non-hydrogen) atoms. The number of hydrogen-bond donors (Lipinski definition) is 1. The number of nitrogens with zero attached hydrogens (tertiary/aromatic N) is 4. The highest BCUT2D eigenvalue weighted by Gasteiger charge is 2.31. The van der Waals surface area contributed by atoms with Crippen LogP contribution in [0.4, 0.5) is 5.82 Å². The fourth-order valence-corrected chi connectivity index (χ4v) is 4.10. The molecule has 6 heteroatoms. The molecule has 0 aliphatic carbocycles. The van der Waals surface area contributed by atoms with Gasteiger partial charge in [-0.3, -0.25) is 5.10 Å². The van der Waals surface area contributed by atoms with E-state index in [0.29, 0.717) is 6.04 Å². The minimum Gasteiger partial charge on any atom is -0.349 e. The summed E-state index contributed by atoms with van der Waals surface area (Å²) in [5, 5.41) is 10.7. The Morgan fingerprint density at radius 1 is 1.33 bits per heavy atom. The smallest absolute Gasteiger partial charge is 0.141 e. The molecule has 0 saturated carbocycles. The van der Waals surface area contributed by atoms with Gasteiger partial charge in [0.1, 0.15) is 17.0 Å². The van der Waals surface area contributed by atoms with Crippen molar-refractivity contribution in [3.05, 3.63) is 34.7 Å². The minimum atomic E-state index is 0.363. The third kappa shape index (κ3) is 1.93. The number of thiophene rings is 1.